The summed E-state index contributed by atoms with van der Waals surface area (Å²) < 4.78 is 10.8. The Labute approximate surface area is 116 Å². The maximum Gasteiger partial charge on any atom is 0.109 e. The van der Waals surface area contributed by atoms with E-state index in [-0.39, 0.29) is 5.54 Å². The van der Waals surface area contributed by atoms with Crippen molar-refractivity contribution in [2.45, 2.75) is 57.0 Å². The lowest BCUT2D eigenvalue weighted by Crippen LogP contribution is -2.48. The van der Waals surface area contributed by atoms with E-state index in [0.717, 1.165) is 38.9 Å². The summed E-state index contributed by atoms with van der Waals surface area (Å²) in [6.45, 7) is 4.81. The molecule has 0 aliphatic heterocycles. The van der Waals surface area contributed by atoms with Crippen molar-refractivity contribution >= 4 is 0 Å². The van der Waals surface area contributed by atoms with Gasteiger partial charge in [-0.2, -0.15) is 5.26 Å². The molecule has 2 unspecified atom stereocenters. The highest BCUT2D eigenvalue weighted by molar-refractivity contribution is 5.16. The molecule has 0 radical (unpaired) electrons. The van der Waals surface area contributed by atoms with Crippen LogP contribution in [0, 0.1) is 17.2 Å². The Morgan fingerprint density at radius 3 is 2.68 bits per heavy atom. The van der Waals surface area contributed by atoms with Gasteiger partial charge < -0.3 is 9.47 Å². The zero-order valence-corrected chi connectivity index (χ0v) is 12.0. The molecule has 2 fully saturated rings. The summed E-state index contributed by atoms with van der Waals surface area (Å²) in [7, 11) is 0. The first-order valence-electron chi connectivity index (χ1n) is 7.65. The number of nitrogens with one attached hydrogen (secondary N) is 1. The molecule has 108 valence electrons. The van der Waals surface area contributed by atoms with Gasteiger partial charge in [0, 0.05) is 19.3 Å². The highest BCUT2D eigenvalue weighted by Crippen LogP contribution is 2.40. The highest BCUT2D eigenvalue weighted by atomic mass is 16.5. The van der Waals surface area contributed by atoms with Gasteiger partial charge in [-0.3, -0.25) is 5.32 Å². The van der Waals surface area contributed by atoms with E-state index in [2.05, 4.69) is 11.4 Å². The van der Waals surface area contributed by atoms with Gasteiger partial charge in [0.1, 0.15) is 5.54 Å². The molecule has 0 spiro atoms. The summed E-state index contributed by atoms with van der Waals surface area (Å²) in [5.41, 5.74) is -0.273. The molecule has 0 bridgehead atoms. The minimum atomic E-state index is -0.273. The third kappa shape index (κ3) is 4.17. The fourth-order valence-corrected chi connectivity index (χ4v) is 3.02. The summed E-state index contributed by atoms with van der Waals surface area (Å²) in [5, 5.41) is 13.1. The Balaban J connectivity index is 1.70. The molecule has 2 aliphatic carbocycles. The third-order valence-corrected chi connectivity index (χ3v) is 4.25. The van der Waals surface area contributed by atoms with Gasteiger partial charge in [-0.05, 0) is 44.9 Å². The molecule has 0 aromatic rings. The molecule has 2 aliphatic rings. The minimum absolute atomic E-state index is 0.273. The number of nitriles is 1. The molecule has 2 atom stereocenters. The van der Waals surface area contributed by atoms with Crippen LogP contribution in [-0.4, -0.2) is 38.0 Å². The zero-order chi connectivity index (χ0) is 13.6. The molecular weight excluding hydrogens is 240 g/mol. The second kappa shape index (κ2) is 7.23. The van der Waals surface area contributed by atoms with Gasteiger partial charge in [0.25, 0.3) is 0 Å². The molecule has 2 saturated carbocycles. The van der Waals surface area contributed by atoms with Gasteiger partial charge in [-0.15, -0.1) is 0 Å². The van der Waals surface area contributed by atoms with E-state index in [0.29, 0.717) is 25.2 Å². The second-order valence-electron chi connectivity index (χ2n) is 5.69. The van der Waals surface area contributed by atoms with Gasteiger partial charge in [-0.25, -0.2) is 0 Å². The van der Waals surface area contributed by atoms with Crippen molar-refractivity contribution in [2.24, 2.45) is 5.92 Å². The number of hydrogen-bond donors (Lipinski definition) is 1. The van der Waals surface area contributed by atoms with Crippen LogP contribution in [0.5, 0.6) is 0 Å². The lowest BCUT2D eigenvalue weighted by Gasteiger charge is -2.30. The molecule has 1 N–H and O–H groups in total. The summed E-state index contributed by atoms with van der Waals surface area (Å²) >= 11 is 0. The number of rotatable bonds is 9. The van der Waals surface area contributed by atoms with Crippen molar-refractivity contribution in [3.05, 3.63) is 0 Å². The van der Waals surface area contributed by atoms with Gasteiger partial charge >= 0.3 is 0 Å². The lowest BCUT2D eigenvalue weighted by molar-refractivity contribution is 0.0449. The normalized spacial score (nSPS) is 30.4. The van der Waals surface area contributed by atoms with Crippen LogP contribution in [0.15, 0.2) is 0 Å². The number of nitrogens with zero attached hydrogens (tertiary/aromatic N) is 1. The van der Waals surface area contributed by atoms with Crippen molar-refractivity contribution < 1.29 is 9.47 Å². The van der Waals surface area contributed by atoms with Crippen molar-refractivity contribution in [2.75, 3.05) is 26.4 Å². The van der Waals surface area contributed by atoms with Crippen molar-refractivity contribution in [3.63, 3.8) is 0 Å². The van der Waals surface area contributed by atoms with Crippen LogP contribution in [0.25, 0.3) is 0 Å². The van der Waals surface area contributed by atoms with E-state index in [9.17, 15) is 5.26 Å². The molecule has 0 amide bonds. The molecule has 4 nitrogen and oxygen atoms in total. The van der Waals surface area contributed by atoms with Crippen LogP contribution in [0.3, 0.4) is 0 Å². The maximum atomic E-state index is 9.56. The van der Waals surface area contributed by atoms with E-state index in [1.807, 2.05) is 6.92 Å². The molecule has 19 heavy (non-hydrogen) atoms. The van der Waals surface area contributed by atoms with Crippen LogP contribution in [0.4, 0.5) is 0 Å². The van der Waals surface area contributed by atoms with Gasteiger partial charge in [0.2, 0.25) is 0 Å². The van der Waals surface area contributed by atoms with Crippen LogP contribution in [-0.2, 0) is 9.47 Å². The van der Waals surface area contributed by atoms with Gasteiger partial charge in [0.15, 0.2) is 0 Å². The predicted molar refractivity (Wildman–Crippen MR) is 73.8 cm³/mol. The van der Waals surface area contributed by atoms with Crippen LogP contribution < -0.4 is 5.32 Å². The van der Waals surface area contributed by atoms with Crippen molar-refractivity contribution in [1.29, 1.82) is 5.26 Å². The Morgan fingerprint density at radius 1 is 1.21 bits per heavy atom. The SMILES string of the molecule is CCOCCOCCC1CCCC1(C#N)NC1CC1. The van der Waals surface area contributed by atoms with E-state index >= 15 is 0 Å². The Bertz CT molecular complexity index is 312. The Morgan fingerprint density at radius 2 is 2.00 bits per heavy atom. The van der Waals surface area contributed by atoms with Crippen LogP contribution in [0.1, 0.15) is 45.4 Å². The summed E-state index contributed by atoms with van der Waals surface area (Å²) in [6.07, 6.45) is 6.78. The highest BCUT2D eigenvalue weighted by Gasteiger charge is 2.45. The van der Waals surface area contributed by atoms with Crippen LogP contribution in [0.2, 0.25) is 0 Å². The fraction of sp³-hybridized carbons (Fsp3) is 0.933. The first-order valence-corrected chi connectivity index (χ1v) is 7.65. The first kappa shape index (κ1) is 14.8. The van der Waals surface area contributed by atoms with Crippen molar-refractivity contribution in [3.8, 4) is 6.07 Å². The average molecular weight is 266 g/mol. The Kier molecular flexibility index (Phi) is 5.62. The smallest absolute Gasteiger partial charge is 0.109 e. The molecule has 4 heteroatoms. The molecule has 2 rings (SSSR count). The zero-order valence-electron chi connectivity index (χ0n) is 12.0. The maximum absolute atomic E-state index is 9.56. The monoisotopic (exact) mass is 266 g/mol. The quantitative estimate of drug-likeness (QED) is 0.650. The number of hydrogen-bond acceptors (Lipinski definition) is 4. The molecule has 0 saturated heterocycles. The number of ether oxygens (including phenoxy) is 2. The topological polar surface area (TPSA) is 54.3 Å². The molecule has 0 heterocycles. The molecular formula is C15H26N2O2. The first-order chi connectivity index (χ1) is 9.30. The Hall–Kier alpha value is -0.630. The van der Waals surface area contributed by atoms with E-state index in [1.165, 1.54) is 12.8 Å². The van der Waals surface area contributed by atoms with Gasteiger partial charge in [-0.1, -0.05) is 6.42 Å². The van der Waals surface area contributed by atoms with E-state index < -0.39 is 0 Å². The minimum Gasteiger partial charge on any atom is -0.379 e. The van der Waals surface area contributed by atoms with E-state index in [4.69, 9.17) is 9.47 Å². The fourth-order valence-electron chi connectivity index (χ4n) is 3.02. The summed E-state index contributed by atoms with van der Waals surface area (Å²) in [4.78, 5) is 0. The van der Waals surface area contributed by atoms with Gasteiger partial charge in [0.05, 0.1) is 19.3 Å². The summed E-state index contributed by atoms with van der Waals surface area (Å²) in [5.74, 6) is 0.449. The predicted octanol–water partition coefficient (Wildman–Crippen LogP) is 2.24. The summed E-state index contributed by atoms with van der Waals surface area (Å²) in [6, 6.07) is 3.17. The standard InChI is InChI=1S/C15H26N2O2/c1-2-18-10-11-19-9-7-13-4-3-8-15(13,12-16)17-14-5-6-14/h13-14,17H,2-11H2,1H3. The second-order valence-corrected chi connectivity index (χ2v) is 5.69. The van der Waals surface area contributed by atoms with Crippen LogP contribution >= 0.6 is 0 Å². The largest absolute Gasteiger partial charge is 0.379 e. The van der Waals surface area contributed by atoms with E-state index in [1.54, 1.807) is 0 Å². The molecule has 0 aromatic carbocycles. The average Bonchev–Trinajstić information content (AvgIpc) is 3.14. The van der Waals surface area contributed by atoms with Crippen molar-refractivity contribution in [1.82, 2.24) is 5.32 Å². The lowest BCUT2D eigenvalue weighted by atomic mass is 9.86. The third-order valence-electron chi connectivity index (χ3n) is 4.25. The molecule has 0 aromatic heterocycles.